The minimum Gasteiger partial charge on any atom is -0.341 e. The van der Waals surface area contributed by atoms with Gasteiger partial charge in [0.2, 0.25) is 5.91 Å². The summed E-state index contributed by atoms with van der Waals surface area (Å²) in [4.78, 5) is 72.6. The van der Waals surface area contributed by atoms with Crippen molar-refractivity contribution in [1.29, 1.82) is 0 Å². The van der Waals surface area contributed by atoms with Crippen molar-refractivity contribution < 1.29 is 24.0 Å². The Bertz CT molecular complexity index is 1170. The number of amides is 2. The first-order chi connectivity index (χ1) is 18.1. The van der Waals surface area contributed by atoms with E-state index < -0.39 is 23.3 Å². The second-order valence-electron chi connectivity index (χ2n) is 9.40. The van der Waals surface area contributed by atoms with Crippen LogP contribution in [0, 0.1) is 5.92 Å². The fraction of sp³-hybridized carbons (Fsp3) is 0.556. The number of carbonyl (C=O) groups excluding carboxylic acids is 4. The van der Waals surface area contributed by atoms with Gasteiger partial charge in [0.25, 0.3) is 11.5 Å². The summed E-state index contributed by atoms with van der Waals surface area (Å²) in [5, 5.41) is 3.72. The summed E-state index contributed by atoms with van der Waals surface area (Å²) in [6.45, 7) is 4.14. The summed E-state index contributed by atoms with van der Waals surface area (Å²) >= 11 is 0. The maximum absolute atomic E-state index is 13.3. The van der Waals surface area contributed by atoms with Crippen molar-refractivity contribution >= 4 is 23.4 Å². The summed E-state index contributed by atoms with van der Waals surface area (Å²) < 4.78 is 2.83. The van der Waals surface area contributed by atoms with Gasteiger partial charge in [0.15, 0.2) is 11.6 Å². The molecule has 0 saturated heterocycles. The molecular weight excluding hydrogens is 490 g/mol. The molecule has 0 saturated carbocycles. The van der Waals surface area contributed by atoms with Gasteiger partial charge in [-0.3, -0.25) is 28.8 Å². The summed E-state index contributed by atoms with van der Waals surface area (Å²) in [6.07, 6.45) is 7.26. The highest BCUT2D eigenvalue weighted by Gasteiger charge is 2.25. The fourth-order valence-corrected chi connectivity index (χ4v) is 4.14. The summed E-state index contributed by atoms with van der Waals surface area (Å²) in [7, 11) is 4.45. The average Bonchev–Trinajstić information content (AvgIpc) is 3.34. The number of carbonyl (C=O) groups is 4. The Morgan fingerprint density at radius 1 is 1.13 bits per heavy atom. The van der Waals surface area contributed by atoms with E-state index >= 15 is 0 Å². The number of rotatable bonds is 16. The maximum Gasteiger partial charge on any atom is 0.270 e. The average molecular weight is 530 g/mol. The lowest BCUT2D eigenvalue weighted by Crippen LogP contribution is -2.43. The topological polar surface area (TPSA) is 133 Å². The highest BCUT2D eigenvalue weighted by molar-refractivity contribution is 5.97. The maximum atomic E-state index is 13.3. The molecule has 0 fully saturated rings. The van der Waals surface area contributed by atoms with E-state index in [1.165, 1.54) is 48.1 Å². The zero-order chi connectivity index (χ0) is 28.2. The predicted molar refractivity (Wildman–Crippen MR) is 141 cm³/mol. The molecule has 0 radical (unpaired) electrons. The van der Waals surface area contributed by atoms with Gasteiger partial charge in [0.05, 0.1) is 32.2 Å². The third-order valence-electron chi connectivity index (χ3n) is 6.81. The van der Waals surface area contributed by atoms with Gasteiger partial charge in [-0.2, -0.15) is 0 Å². The van der Waals surface area contributed by atoms with Gasteiger partial charge < -0.3 is 14.5 Å². The summed E-state index contributed by atoms with van der Waals surface area (Å²) in [5.74, 6) is -0.875. The molecular formula is C27H39N5O6. The van der Waals surface area contributed by atoms with Crippen molar-refractivity contribution in [3.8, 4) is 0 Å². The number of hydrogen-bond donors (Lipinski definition) is 1. The van der Waals surface area contributed by atoms with Gasteiger partial charge in [0, 0.05) is 45.1 Å². The molecule has 0 aliphatic heterocycles. The van der Waals surface area contributed by atoms with Crippen LogP contribution in [0.15, 0.2) is 35.6 Å². The molecule has 0 aromatic carbocycles. The Morgan fingerprint density at radius 3 is 2.45 bits per heavy atom. The van der Waals surface area contributed by atoms with E-state index in [4.69, 9.17) is 4.84 Å². The van der Waals surface area contributed by atoms with Gasteiger partial charge in [-0.25, -0.2) is 10.0 Å². The lowest BCUT2D eigenvalue weighted by atomic mass is 9.96. The first-order valence-corrected chi connectivity index (χ1v) is 12.9. The largest absolute Gasteiger partial charge is 0.341 e. The molecule has 0 spiro atoms. The predicted octanol–water partition coefficient (Wildman–Crippen LogP) is 2.08. The van der Waals surface area contributed by atoms with E-state index in [0.29, 0.717) is 12.3 Å². The summed E-state index contributed by atoms with van der Waals surface area (Å²) in [5.41, 5.74) is 0.0335. The van der Waals surface area contributed by atoms with Crippen LogP contribution in [0.3, 0.4) is 0 Å². The lowest BCUT2D eigenvalue weighted by molar-refractivity contribution is -0.168. The van der Waals surface area contributed by atoms with Gasteiger partial charge in [-0.15, -0.1) is 0 Å². The molecule has 2 aromatic rings. The van der Waals surface area contributed by atoms with E-state index in [1.807, 2.05) is 0 Å². The van der Waals surface area contributed by atoms with Crippen LogP contribution >= 0.6 is 0 Å². The quantitative estimate of drug-likeness (QED) is 0.329. The molecule has 2 heterocycles. The molecule has 1 N–H and O–H groups in total. The molecule has 38 heavy (non-hydrogen) atoms. The van der Waals surface area contributed by atoms with E-state index in [-0.39, 0.29) is 48.8 Å². The van der Waals surface area contributed by atoms with Crippen LogP contribution in [0.1, 0.15) is 68.4 Å². The monoisotopic (exact) mass is 529 g/mol. The normalized spacial score (nSPS) is 11.8. The number of aromatic nitrogens is 3. The van der Waals surface area contributed by atoms with E-state index in [2.05, 4.69) is 24.1 Å². The van der Waals surface area contributed by atoms with E-state index in [9.17, 15) is 24.0 Å². The molecule has 2 rings (SSSR count). The van der Waals surface area contributed by atoms with Crippen molar-refractivity contribution in [3.05, 3.63) is 52.5 Å². The first kappa shape index (κ1) is 30.6. The number of pyridine rings is 1. The Kier molecular flexibility index (Phi) is 12.1. The molecule has 0 bridgehead atoms. The first-order valence-electron chi connectivity index (χ1n) is 12.9. The minimum absolute atomic E-state index is 0.0183. The van der Waals surface area contributed by atoms with Gasteiger partial charge in [-0.05, 0) is 24.8 Å². The molecule has 0 aliphatic rings. The molecule has 11 heteroatoms. The molecule has 2 aromatic heterocycles. The van der Waals surface area contributed by atoms with Crippen molar-refractivity contribution in [2.24, 2.45) is 13.0 Å². The Balaban J connectivity index is 2.16. The molecule has 0 aliphatic carbocycles. The number of Topliss-reactive ketones (excluding diaryl/α,β-unsaturated/α-hetero) is 2. The molecule has 11 nitrogen and oxygen atoms in total. The zero-order valence-corrected chi connectivity index (χ0v) is 22.9. The van der Waals surface area contributed by atoms with Crippen molar-refractivity contribution in [2.75, 3.05) is 14.2 Å². The van der Waals surface area contributed by atoms with Crippen LogP contribution in [0.4, 0.5) is 0 Å². The van der Waals surface area contributed by atoms with Gasteiger partial charge >= 0.3 is 0 Å². The number of hydroxylamine groups is 2. The fourth-order valence-electron chi connectivity index (χ4n) is 4.14. The lowest BCUT2D eigenvalue weighted by Gasteiger charge is -2.19. The minimum atomic E-state index is -1.03. The molecule has 2 amide bonds. The summed E-state index contributed by atoms with van der Waals surface area (Å²) in [6, 6.07) is 2.13. The smallest absolute Gasteiger partial charge is 0.270 e. The van der Waals surface area contributed by atoms with Gasteiger partial charge in [-0.1, -0.05) is 32.8 Å². The third kappa shape index (κ3) is 8.76. The van der Waals surface area contributed by atoms with Crippen LogP contribution in [0.2, 0.25) is 0 Å². The van der Waals surface area contributed by atoms with Crippen molar-refractivity contribution in [3.63, 3.8) is 0 Å². The highest BCUT2D eigenvalue weighted by atomic mass is 16.7. The van der Waals surface area contributed by atoms with Crippen LogP contribution in [-0.2, 0) is 39.2 Å². The number of ketones is 2. The Labute approximate surface area is 223 Å². The molecule has 0 unspecified atom stereocenters. The second-order valence-corrected chi connectivity index (χ2v) is 9.40. The number of nitrogens with one attached hydrogen (secondary N) is 1. The zero-order valence-electron chi connectivity index (χ0n) is 22.9. The number of aryl methyl sites for hydroxylation is 1. The van der Waals surface area contributed by atoms with Crippen LogP contribution in [0.5, 0.6) is 0 Å². The van der Waals surface area contributed by atoms with Crippen molar-refractivity contribution in [2.45, 2.75) is 71.4 Å². The van der Waals surface area contributed by atoms with Crippen LogP contribution in [0.25, 0.3) is 0 Å². The van der Waals surface area contributed by atoms with Crippen LogP contribution in [-0.4, -0.2) is 62.8 Å². The number of nitrogens with zero attached hydrogens (tertiary/aromatic N) is 4. The second kappa shape index (κ2) is 15.0. The van der Waals surface area contributed by atoms with Gasteiger partial charge in [0.1, 0.15) is 5.69 Å². The number of hydrogen-bond acceptors (Lipinski definition) is 7. The molecule has 208 valence electrons. The Hall–Kier alpha value is -3.60. The third-order valence-corrected chi connectivity index (χ3v) is 6.81. The number of imidazole rings is 1. The van der Waals surface area contributed by atoms with Crippen LogP contribution < -0.4 is 10.9 Å². The Morgan fingerprint density at radius 2 is 1.84 bits per heavy atom. The standard InChI is InChI=1S/C27H39N5O6/c1-6-19(7-2)10-11-21(33)17-32-14-8-9-20(27(32)37)15-24(34)22(12-13-25(35)31(4)38-5)29-26(36)23-16-28-18-30(23)3/h8-9,14,16,18-19,22H,6-7,10-13,15,17H2,1-5H3,(H,29,36)/t22-/m0/s1. The van der Waals surface area contributed by atoms with E-state index in [1.54, 1.807) is 13.1 Å². The van der Waals surface area contributed by atoms with Crippen molar-refractivity contribution in [1.82, 2.24) is 24.5 Å². The highest BCUT2D eigenvalue weighted by Crippen LogP contribution is 2.15. The molecule has 1 atom stereocenters. The SMILES string of the molecule is CCC(CC)CCC(=O)Cn1cccc(CC(=O)[C@H](CCC(=O)N(C)OC)NC(=O)c2cncn2C)c1=O. The van der Waals surface area contributed by atoms with E-state index in [0.717, 1.165) is 24.3 Å².